The van der Waals surface area contributed by atoms with Gasteiger partial charge in [-0.05, 0) is 19.1 Å². The first-order valence-electron chi connectivity index (χ1n) is 4.75. The van der Waals surface area contributed by atoms with Crippen LogP contribution in [-0.4, -0.2) is 18.6 Å². The van der Waals surface area contributed by atoms with Crippen molar-refractivity contribution in [2.45, 2.75) is 6.92 Å². The zero-order chi connectivity index (χ0) is 12.1. The first kappa shape index (κ1) is 12.0. The van der Waals surface area contributed by atoms with Crippen molar-refractivity contribution >= 4 is 11.4 Å². The van der Waals surface area contributed by atoms with E-state index in [1.54, 1.807) is 12.1 Å². The second kappa shape index (κ2) is 5.16. The van der Waals surface area contributed by atoms with Crippen LogP contribution in [0.15, 0.2) is 30.4 Å². The van der Waals surface area contributed by atoms with E-state index in [1.807, 2.05) is 6.92 Å². The number of benzene rings is 1. The van der Waals surface area contributed by atoms with Gasteiger partial charge in [-0.1, -0.05) is 12.2 Å². The third-order valence-electron chi connectivity index (χ3n) is 1.97. The fraction of sp³-hybridized carbons (Fsp3) is 0.273. The van der Waals surface area contributed by atoms with Gasteiger partial charge in [-0.15, -0.1) is 0 Å². The molecule has 0 aliphatic carbocycles. The van der Waals surface area contributed by atoms with E-state index in [0.29, 0.717) is 12.2 Å². The van der Waals surface area contributed by atoms with Crippen LogP contribution in [0.25, 0.3) is 0 Å². The molecule has 0 unspecified atom stereocenters. The summed E-state index contributed by atoms with van der Waals surface area (Å²) in [5.74, 6) is 0.255. The van der Waals surface area contributed by atoms with Gasteiger partial charge in [0, 0.05) is 18.3 Å². The highest BCUT2D eigenvalue weighted by Crippen LogP contribution is 2.29. The number of rotatable bonds is 5. The highest BCUT2D eigenvalue weighted by molar-refractivity contribution is 5.58. The molecule has 1 N–H and O–H groups in total. The molecule has 0 saturated heterocycles. The molecular weight excluding hydrogens is 208 g/mol. The number of nitrogens with one attached hydrogen (secondary N) is 1. The third kappa shape index (κ3) is 2.98. The Morgan fingerprint density at radius 2 is 2.31 bits per heavy atom. The van der Waals surface area contributed by atoms with Gasteiger partial charge in [0.15, 0.2) is 5.75 Å². The van der Waals surface area contributed by atoms with Crippen molar-refractivity contribution < 1.29 is 9.66 Å². The summed E-state index contributed by atoms with van der Waals surface area (Å²) in [4.78, 5) is 10.3. The maximum absolute atomic E-state index is 10.8. The number of hydrogen-bond donors (Lipinski definition) is 1. The Labute approximate surface area is 93.9 Å². The molecule has 1 rings (SSSR count). The predicted octanol–water partition coefficient (Wildman–Crippen LogP) is 2.59. The standard InChI is InChI=1S/C11H14N2O3/c1-8(2)7-12-9-4-5-11(16-3)10(6-9)13(14)15/h4-6,12H,1,7H2,2-3H3. The van der Waals surface area contributed by atoms with E-state index >= 15 is 0 Å². The number of hydrogen-bond acceptors (Lipinski definition) is 4. The maximum Gasteiger partial charge on any atom is 0.312 e. The summed E-state index contributed by atoms with van der Waals surface area (Å²) < 4.78 is 4.90. The molecule has 0 aliphatic heterocycles. The first-order chi connectivity index (χ1) is 7.54. The van der Waals surface area contributed by atoms with E-state index in [1.165, 1.54) is 13.2 Å². The lowest BCUT2D eigenvalue weighted by molar-refractivity contribution is -0.385. The second-order valence-corrected chi connectivity index (χ2v) is 3.45. The average molecular weight is 222 g/mol. The fourth-order valence-corrected chi connectivity index (χ4v) is 1.20. The first-order valence-corrected chi connectivity index (χ1v) is 4.75. The van der Waals surface area contributed by atoms with Crippen molar-refractivity contribution in [1.82, 2.24) is 0 Å². The van der Waals surface area contributed by atoms with Gasteiger partial charge in [0.2, 0.25) is 0 Å². The minimum Gasteiger partial charge on any atom is -0.490 e. The smallest absolute Gasteiger partial charge is 0.312 e. The van der Waals surface area contributed by atoms with Crippen molar-refractivity contribution in [3.63, 3.8) is 0 Å². The van der Waals surface area contributed by atoms with Crippen molar-refractivity contribution in [1.29, 1.82) is 0 Å². The van der Waals surface area contributed by atoms with E-state index in [4.69, 9.17) is 4.74 Å². The number of nitrogens with zero attached hydrogens (tertiary/aromatic N) is 1. The SMILES string of the molecule is C=C(C)CNc1ccc(OC)c([N+](=O)[O-])c1. The summed E-state index contributed by atoms with van der Waals surface area (Å²) in [6.07, 6.45) is 0. The number of ether oxygens (including phenoxy) is 1. The number of nitro groups is 1. The minimum absolute atomic E-state index is 0.0470. The minimum atomic E-state index is -0.467. The Kier molecular flexibility index (Phi) is 3.88. The van der Waals surface area contributed by atoms with E-state index < -0.39 is 4.92 Å². The quantitative estimate of drug-likeness (QED) is 0.472. The predicted molar refractivity (Wildman–Crippen MR) is 63.0 cm³/mol. The van der Waals surface area contributed by atoms with Crippen LogP contribution in [-0.2, 0) is 0 Å². The highest BCUT2D eigenvalue weighted by atomic mass is 16.6. The van der Waals surface area contributed by atoms with E-state index in [0.717, 1.165) is 5.57 Å². The zero-order valence-corrected chi connectivity index (χ0v) is 9.32. The summed E-state index contributed by atoms with van der Waals surface area (Å²) in [5, 5.41) is 13.8. The molecule has 0 fully saturated rings. The summed E-state index contributed by atoms with van der Waals surface area (Å²) in [6.45, 7) is 6.21. The lowest BCUT2D eigenvalue weighted by atomic mass is 10.2. The lowest BCUT2D eigenvalue weighted by Gasteiger charge is -2.07. The average Bonchev–Trinajstić information content (AvgIpc) is 2.25. The van der Waals surface area contributed by atoms with Crippen molar-refractivity contribution in [3.8, 4) is 5.75 Å². The van der Waals surface area contributed by atoms with Crippen molar-refractivity contribution in [3.05, 3.63) is 40.5 Å². The molecule has 0 saturated carbocycles. The van der Waals surface area contributed by atoms with Crippen LogP contribution in [0, 0.1) is 10.1 Å². The molecule has 0 aromatic heterocycles. The van der Waals surface area contributed by atoms with E-state index in [-0.39, 0.29) is 11.4 Å². The molecular formula is C11H14N2O3. The van der Waals surface area contributed by atoms with Crippen LogP contribution in [0.4, 0.5) is 11.4 Å². The Morgan fingerprint density at radius 1 is 1.62 bits per heavy atom. The van der Waals surface area contributed by atoms with Gasteiger partial charge in [0.05, 0.1) is 12.0 Å². The molecule has 5 heteroatoms. The Balaban J connectivity index is 2.93. The van der Waals surface area contributed by atoms with Crippen LogP contribution in [0.5, 0.6) is 5.75 Å². The normalized spacial score (nSPS) is 9.62. The van der Waals surface area contributed by atoms with Gasteiger partial charge >= 0.3 is 5.69 Å². The third-order valence-corrected chi connectivity index (χ3v) is 1.97. The van der Waals surface area contributed by atoms with Gasteiger partial charge in [-0.3, -0.25) is 10.1 Å². The molecule has 5 nitrogen and oxygen atoms in total. The topological polar surface area (TPSA) is 64.4 Å². The summed E-state index contributed by atoms with van der Waals surface area (Å²) >= 11 is 0. The molecule has 0 atom stereocenters. The molecule has 0 amide bonds. The molecule has 0 radical (unpaired) electrons. The number of anilines is 1. The van der Waals surface area contributed by atoms with E-state index in [2.05, 4.69) is 11.9 Å². The Bertz CT molecular complexity index is 416. The van der Waals surface area contributed by atoms with Crippen molar-refractivity contribution in [2.24, 2.45) is 0 Å². The Morgan fingerprint density at radius 3 is 2.81 bits per heavy atom. The number of nitro benzene ring substituents is 1. The summed E-state index contributed by atoms with van der Waals surface area (Å²) in [5.41, 5.74) is 1.59. The van der Waals surface area contributed by atoms with Gasteiger partial charge in [-0.25, -0.2) is 0 Å². The zero-order valence-electron chi connectivity index (χ0n) is 9.32. The molecule has 0 spiro atoms. The van der Waals surface area contributed by atoms with Gasteiger partial charge in [-0.2, -0.15) is 0 Å². The second-order valence-electron chi connectivity index (χ2n) is 3.45. The summed E-state index contributed by atoms with van der Waals surface area (Å²) in [7, 11) is 1.41. The molecule has 0 bridgehead atoms. The molecule has 16 heavy (non-hydrogen) atoms. The van der Waals surface area contributed by atoms with Crippen LogP contribution in [0.1, 0.15) is 6.92 Å². The molecule has 0 heterocycles. The van der Waals surface area contributed by atoms with Crippen LogP contribution in [0.3, 0.4) is 0 Å². The van der Waals surface area contributed by atoms with Gasteiger partial charge in [0.25, 0.3) is 0 Å². The van der Waals surface area contributed by atoms with Crippen molar-refractivity contribution in [2.75, 3.05) is 19.0 Å². The fourth-order valence-electron chi connectivity index (χ4n) is 1.20. The molecule has 0 aliphatic rings. The van der Waals surface area contributed by atoms with Gasteiger partial charge in [0.1, 0.15) is 0 Å². The monoisotopic (exact) mass is 222 g/mol. The van der Waals surface area contributed by atoms with Gasteiger partial charge < -0.3 is 10.1 Å². The Hall–Kier alpha value is -2.04. The summed E-state index contributed by atoms with van der Waals surface area (Å²) in [6, 6.07) is 4.75. The molecule has 1 aromatic rings. The van der Waals surface area contributed by atoms with Crippen LogP contribution >= 0.6 is 0 Å². The largest absolute Gasteiger partial charge is 0.490 e. The molecule has 86 valence electrons. The molecule has 1 aromatic carbocycles. The number of methoxy groups -OCH3 is 1. The van der Waals surface area contributed by atoms with Crippen LogP contribution in [0.2, 0.25) is 0 Å². The lowest BCUT2D eigenvalue weighted by Crippen LogP contribution is -2.02. The van der Waals surface area contributed by atoms with E-state index in [9.17, 15) is 10.1 Å². The maximum atomic E-state index is 10.8. The van der Waals surface area contributed by atoms with Crippen LogP contribution < -0.4 is 10.1 Å². The highest BCUT2D eigenvalue weighted by Gasteiger charge is 2.14.